The number of para-hydroxylation sites is 1. The third-order valence-electron chi connectivity index (χ3n) is 4.70. The van der Waals surface area contributed by atoms with Gasteiger partial charge in [0.25, 0.3) is 11.9 Å². The number of ether oxygens (including phenoxy) is 1. The molecule has 28 heavy (non-hydrogen) atoms. The highest BCUT2D eigenvalue weighted by Gasteiger charge is 2.34. The molecule has 0 aliphatic carbocycles. The average Bonchev–Trinajstić information content (AvgIpc) is 2.73. The van der Waals surface area contributed by atoms with Crippen LogP contribution in [0.25, 0.3) is 0 Å². The van der Waals surface area contributed by atoms with Crippen molar-refractivity contribution in [2.45, 2.75) is 6.17 Å². The number of fused-ring (bicyclic) bond motifs is 1. The van der Waals surface area contributed by atoms with Crippen molar-refractivity contribution in [2.24, 2.45) is 0 Å². The molecule has 1 aliphatic rings. The summed E-state index contributed by atoms with van der Waals surface area (Å²) in [6.45, 7) is 0. The molecule has 7 heteroatoms. The third-order valence-corrected chi connectivity index (χ3v) is 4.70. The van der Waals surface area contributed by atoms with Crippen LogP contribution in [0.5, 0.6) is 5.75 Å². The Labute approximate surface area is 161 Å². The van der Waals surface area contributed by atoms with Crippen LogP contribution in [0.15, 0.2) is 72.8 Å². The van der Waals surface area contributed by atoms with E-state index < -0.39 is 11.1 Å². The topological polar surface area (TPSA) is 81.7 Å². The Bertz CT molecular complexity index is 1050. The summed E-state index contributed by atoms with van der Waals surface area (Å²) in [5.41, 5.74) is 3.12. The first kappa shape index (κ1) is 17.5. The molecule has 4 rings (SSSR count). The number of hydrogen-bond acceptors (Lipinski definition) is 5. The van der Waals surface area contributed by atoms with Crippen LogP contribution in [0, 0.1) is 15.3 Å². The summed E-state index contributed by atoms with van der Waals surface area (Å²) in [5, 5.41) is 23.9. The van der Waals surface area contributed by atoms with E-state index in [4.69, 9.17) is 4.74 Å². The number of non-ortho nitro benzene ring substituents is 1. The molecule has 0 amide bonds. The summed E-state index contributed by atoms with van der Waals surface area (Å²) in [6, 6.07) is 21.1. The van der Waals surface area contributed by atoms with Gasteiger partial charge >= 0.3 is 0 Å². The monoisotopic (exact) mass is 375 g/mol. The van der Waals surface area contributed by atoms with Crippen LogP contribution >= 0.6 is 0 Å². The Hall–Kier alpha value is -3.87. The molecule has 0 saturated heterocycles. The largest absolute Gasteiger partial charge is 0.622 e. The molecule has 1 atom stereocenters. The molecule has 0 saturated carbocycles. The van der Waals surface area contributed by atoms with Gasteiger partial charge in [-0.15, -0.1) is 0 Å². The van der Waals surface area contributed by atoms with Gasteiger partial charge in [-0.2, -0.15) is 4.74 Å². The zero-order valence-corrected chi connectivity index (χ0v) is 15.1. The first-order chi connectivity index (χ1) is 13.6. The van der Waals surface area contributed by atoms with Crippen molar-refractivity contribution >= 4 is 23.3 Å². The normalized spacial score (nSPS) is 15.5. The van der Waals surface area contributed by atoms with Crippen molar-refractivity contribution in [2.75, 3.05) is 12.0 Å². The number of methoxy groups -OCH3 is 1. The lowest BCUT2D eigenvalue weighted by molar-refractivity contribution is -0.502. The fourth-order valence-corrected chi connectivity index (χ4v) is 3.36. The van der Waals surface area contributed by atoms with Crippen LogP contribution in [-0.4, -0.2) is 23.0 Å². The Morgan fingerprint density at radius 3 is 2.32 bits per heavy atom. The van der Waals surface area contributed by atoms with E-state index in [1.54, 1.807) is 25.5 Å². The number of hydrogen-bond donors (Lipinski definition) is 0. The second-order valence-corrected chi connectivity index (χ2v) is 6.34. The summed E-state index contributed by atoms with van der Waals surface area (Å²) in [4.78, 5) is 12.4. The molecular formula is C21H17N3O4. The lowest BCUT2D eigenvalue weighted by atomic mass is 10.0. The van der Waals surface area contributed by atoms with Crippen LogP contribution in [0.2, 0.25) is 0 Å². The van der Waals surface area contributed by atoms with Gasteiger partial charge in [0, 0.05) is 23.4 Å². The average molecular weight is 375 g/mol. The Balaban J connectivity index is 1.85. The van der Waals surface area contributed by atoms with Crippen molar-refractivity contribution in [3.63, 3.8) is 0 Å². The number of benzene rings is 3. The maximum absolute atomic E-state index is 12.9. The summed E-state index contributed by atoms with van der Waals surface area (Å²) in [7, 11) is 1.60. The van der Waals surface area contributed by atoms with Crippen LogP contribution in [-0.2, 0) is 0 Å². The second kappa shape index (κ2) is 7.03. The van der Waals surface area contributed by atoms with Crippen LogP contribution in [0.1, 0.15) is 17.3 Å². The molecule has 1 heterocycles. The Morgan fingerprint density at radius 2 is 1.68 bits per heavy atom. The number of hydroxylamine groups is 1. The zero-order chi connectivity index (χ0) is 19.7. The fraction of sp³-hybridized carbons (Fsp3) is 0.0952. The maximum atomic E-state index is 12.9. The van der Waals surface area contributed by atoms with E-state index in [-0.39, 0.29) is 5.69 Å². The van der Waals surface area contributed by atoms with E-state index in [1.165, 1.54) is 12.1 Å². The predicted molar refractivity (Wildman–Crippen MR) is 106 cm³/mol. The molecule has 3 aromatic carbocycles. The summed E-state index contributed by atoms with van der Waals surface area (Å²) < 4.78 is 6.10. The minimum Gasteiger partial charge on any atom is -0.622 e. The molecule has 1 unspecified atom stereocenters. The van der Waals surface area contributed by atoms with Gasteiger partial charge in [-0.25, -0.2) is 0 Å². The van der Waals surface area contributed by atoms with Crippen LogP contribution in [0.3, 0.4) is 0 Å². The van der Waals surface area contributed by atoms with Gasteiger partial charge < -0.3 is 9.94 Å². The van der Waals surface area contributed by atoms with Gasteiger partial charge in [0.2, 0.25) is 0 Å². The SMILES string of the molecule is COc1ccc(N2c3ccccc3C=[N+]([O-])C2c2ccc([N+](=O)[O-])cc2)cc1. The third kappa shape index (κ3) is 3.03. The van der Waals surface area contributed by atoms with Gasteiger partial charge in [0.15, 0.2) is 6.21 Å². The van der Waals surface area contributed by atoms with Crippen LogP contribution in [0.4, 0.5) is 17.1 Å². The molecule has 7 nitrogen and oxygen atoms in total. The minimum absolute atomic E-state index is 0.0163. The van der Waals surface area contributed by atoms with E-state index in [9.17, 15) is 15.3 Å². The molecule has 140 valence electrons. The molecule has 0 fully saturated rings. The van der Waals surface area contributed by atoms with E-state index >= 15 is 0 Å². The molecule has 3 aromatic rings. The molecular weight excluding hydrogens is 358 g/mol. The van der Waals surface area contributed by atoms with Gasteiger partial charge in [0.1, 0.15) is 5.75 Å². The summed E-state index contributed by atoms with van der Waals surface area (Å²) in [6.07, 6.45) is 0.852. The van der Waals surface area contributed by atoms with Crippen molar-refractivity contribution in [3.8, 4) is 5.75 Å². The van der Waals surface area contributed by atoms with Crippen molar-refractivity contribution in [3.05, 3.63) is 99.2 Å². The van der Waals surface area contributed by atoms with E-state index in [1.807, 2.05) is 53.4 Å². The molecule has 0 aromatic heterocycles. The molecule has 0 bridgehead atoms. The number of nitro benzene ring substituents is 1. The maximum Gasteiger partial charge on any atom is 0.269 e. The number of anilines is 2. The standard InChI is InChI=1S/C21H17N3O4/c1-28-19-12-10-17(11-13-19)23-20-5-3-2-4-16(20)14-22(25)21(23)15-6-8-18(9-7-15)24(26)27/h2-14,21H,1H3. The zero-order valence-electron chi connectivity index (χ0n) is 15.1. The first-order valence-electron chi connectivity index (χ1n) is 8.65. The Morgan fingerprint density at radius 1 is 1.00 bits per heavy atom. The van der Waals surface area contributed by atoms with Crippen molar-refractivity contribution < 1.29 is 14.4 Å². The first-order valence-corrected chi connectivity index (χ1v) is 8.65. The number of nitro groups is 1. The highest BCUT2D eigenvalue weighted by Crippen LogP contribution is 2.40. The highest BCUT2D eigenvalue weighted by molar-refractivity contribution is 5.89. The lowest BCUT2D eigenvalue weighted by Crippen LogP contribution is -2.35. The van der Waals surface area contributed by atoms with Gasteiger partial charge in [-0.1, -0.05) is 12.1 Å². The van der Waals surface area contributed by atoms with Crippen LogP contribution < -0.4 is 9.64 Å². The smallest absolute Gasteiger partial charge is 0.269 e. The summed E-state index contributed by atoms with van der Waals surface area (Å²) >= 11 is 0. The number of nitrogens with zero attached hydrogens (tertiary/aromatic N) is 3. The highest BCUT2D eigenvalue weighted by atomic mass is 16.6. The Kier molecular flexibility index (Phi) is 4.41. The van der Waals surface area contributed by atoms with Gasteiger partial charge in [-0.3, -0.25) is 15.0 Å². The summed E-state index contributed by atoms with van der Waals surface area (Å²) in [5.74, 6) is 0.714. The predicted octanol–water partition coefficient (Wildman–Crippen LogP) is 4.38. The lowest BCUT2D eigenvalue weighted by Gasteiger charge is -2.35. The second-order valence-electron chi connectivity index (χ2n) is 6.34. The number of rotatable bonds is 4. The molecule has 1 aliphatic heterocycles. The molecule has 0 radical (unpaired) electrons. The molecule has 0 N–H and O–H groups in total. The van der Waals surface area contributed by atoms with E-state index in [0.717, 1.165) is 21.7 Å². The quantitative estimate of drug-likeness (QED) is 0.292. The fourth-order valence-electron chi connectivity index (χ4n) is 3.36. The van der Waals surface area contributed by atoms with Crippen molar-refractivity contribution in [1.29, 1.82) is 0 Å². The van der Waals surface area contributed by atoms with E-state index in [2.05, 4.69) is 0 Å². The van der Waals surface area contributed by atoms with Gasteiger partial charge in [-0.05, 0) is 48.5 Å². The molecule has 0 spiro atoms. The van der Waals surface area contributed by atoms with Gasteiger partial charge in [0.05, 0.1) is 23.3 Å². The minimum atomic E-state index is -0.691. The van der Waals surface area contributed by atoms with E-state index in [0.29, 0.717) is 11.3 Å². The van der Waals surface area contributed by atoms with Crippen molar-refractivity contribution in [1.82, 2.24) is 0 Å².